The van der Waals surface area contributed by atoms with Crippen LogP contribution in [0.4, 0.5) is 11.4 Å². The summed E-state index contributed by atoms with van der Waals surface area (Å²) in [6.07, 6.45) is 5.93. The molecule has 0 atom stereocenters. The maximum absolute atomic E-state index is 12.6. The first-order valence-corrected chi connectivity index (χ1v) is 9.84. The molecule has 0 aromatic heterocycles. The zero-order valence-electron chi connectivity index (χ0n) is 16.7. The Labute approximate surface area is 182 Å². The highest BCUT2D eigenvalue weighted by atomic mass is 32.2. The molecule has 158 valence electrons. The molecule has 0 fully saturated rings. The minimum absolute atomic E-state index is 0.0882. The third-order valence-corrected chi connectivity index (χ3v) is 5.27. The molecule has 1 heterocycles. The molecule has 2 aromatic carbocycles. The molecule has 0 saturated heterocycles. The molecule has 1 aliphatic rings. The van der Waals surface area contributed by atoms with Crippen LogP contribution < -0.4 is 4.90 Å². The van der Waals surface area contributed by atoms with Crippen molar-refractivity contribution in [2.24, 2.45) is 0 Å². The number of ether oxygens (including phenoxy) is 2. The van der Waals surface area contributed by atoms with Crippen molar-refractivity contribution in [3.8, 4) is 0 Å². The average molecular weight is 438 g/mol. The Balaban J connectivity index is 2.19. The third kappa shape index (κ3) is 4.84. The van der Waals surface area contributed by atoms with Crippen LogP contribution in [0, 0.1) is 10.1 Å². The molecule has 0 radical (unpaired) electrons. The molecule has 0 amide bonds. The molecule has 3 rings (SSSR count). The van der Waals surface area contributed by atoms with Gasteiger partial charge in [0.2, 0.25) is 0 Å². The number of allylic oxidation sites excluding steroid dienone is 2. The second-order valence-electron chi connectivity index (χ2n) is 6.14. The number of hydrogen-bond acceptors (Lipinski definition) is 8. The Bertz CT molecular complexity index is 1110. The van der Waals surface area contributed by atoms with Gasteiger partial charge in [-0.05, 0) is 36.4 Å². The van der Waals surface area contributed by atoms with Crippen molar-refractivity contribution < 1.29 is 24.0 Å². The van der Waals surface area contributed by atoms with Gasteiger partial charge in [-0.3, -0.25) is 10.1 Å². The van der Waals surface area contributed by atoms with E-state index in [1.54, 1.807) is 18.2 Å². The van der Waals surface area contributed by atoms with Crippen molar-refractivity contribution in [2.75, 3.05) is 19.1 Å². The van der Waals surface area contributed by atoms with Crippen LogP contribution >= 0.6 is 11.8 Å². The highest BCUT2D eigenvalue weighted by molar-refractivity contribution is 7.99. The number of benzene rings is 2. The average Bonchev–Trinajstić information content (AvgIpc) is 3.01. The number of nitro benzene ring substituents is 1. The number of esters is 2. The summed E-state index contributed by atoms with van der Waals surface area (Å²) in [6, 6.07) is 14.1. The predicted molar refractivity (Wildman–Crippen MR) is 115 cm³/mol. The van der Waals surface area contributed by atoms with Crippen LogP contribution in [0.5, 0.6) is 0 Å². The lowest BCUT2D eigenvalue weighted by atomic mass is 10.1. The van der Waals surface area contributed by atoms with E-state index in [1.165, 1.54) is 48.2 Å². The van der Waals surface area contributed by atoms with Gasteiger partial charge in [0.05, 0.1) is 24.7 Å². The predicted octanol–water partition coefficient (Wildman–Crippen LogP) is 4.24. The lowest BCUT2D eigenvalue weighted by molar-refractivity contribution is -0.384. The van der Waals surface area contributed by atoms with Gasteiger partial charge >= 0.3 is 11.9 Å². The summed E-state index contributed by atoms with van der Waals surface area (Å²) in [5.41, 5.74) is -0.415. The summed E-state index contributed by atoms with van der Waals surface area (Å²) >= 11 is 1.41. The summed E-state index contributed by atoms with van der Waals surface area (Å²) in [4.78, 5) is 39.1. The summed E-state index contributed by atoms with van der Waals surface area (Å²) in [6.45, 7) is 0. The first-order valence-electron chi connectivity index (χ1n) is 9.02. The normalized spacial score (nSPS) is 13.0. The molecule has 31 heavy (non-hydrogen) atoms. The molecule has 2 aromatic rings. The van der Waals surface area contributed by atoms with Crippen molar-refractivity contribution in [2.45, 2.75) is 9.79 Å². The molecule has 1 aliphatic heterocycles. The van der Waals surface area contributed by atoms with Crippen LogP contribution in [0.15, 0.2) is 94.0 Å². The van der Waals surface area contributed by atoms with Gasteiger partial charge in [-0.2, -0.15) is 0 Å². The van der Waals surface area contributed by atoms with E-state index in [0.29, 0.717) is 4.90 Å². The van der Waals surface area contributed by atoms with Crippen molar-refractivity contribution in [3.63, 3.8) is 0 Å². The number of carbonyl (C=O) groups excluding carboxylic acids is 2. The van der Waals surface area contributed by atoms with Crippen LogP contribution in [-0.4, -0.2) is 31.1 Å². The fraction of sp³-hybridized carbons (Fsp3) is 0.0909. The molecule has 0 aliphatic carbocycles. The van der Waals surface area contributed by atoms with Gasteiger partial charge < -0.3 is 14.4 Å². The Morgan fingerprint density at radius 2 is 1.68 bits per heavy atom. The smallest absolute Gasteiger partial charge is 0.355 e. The topological polar surface area (TPSA) is 99.0 Å². The molecule has 0 bridgehead atoms. The van der Waals surface area contributed by atoms with Crippen LogP contribution in [-0.2, 0) is 19.1 Å². The van der Waals surface area contributed by atoms with Crippen LogP contribution in [0.2, 0.25) is 0 Å². The number of hydrogen-bond donors (Lipinski definition) is 0. The van der Waals surface area contributed by atoms with E-state index in [-0.39, 0.29) is 22.6 Å². The van der Waals surface area contributed by atoms with Gasteiger partial charge in [0.1, 0.15) is 11.4 Å². The van der Waals surface area contributed by atoms with E-state index >= 15 is 0 Å². The summed E-state index contributed by atoms with van der Waals surface area (Å²) in [5.74, 6) is -1.62. The molecule has 8 nitrogen and oxygen atoms in total. The lowest BCUT2D eigenvalue weighted by Crippen LogP contribution is -2.27. The summed E-state index contributed by atoms with van der Waals surface area (Å²) in [5, 5.41) is 11.7. The Morgan fingerprint density at radius 3 is 2.32 bits per heavy atom. The Morgan fingerprint density at radius 1 is 0.968 bits per heavy atom. The largest absolute Gasteiger partial charge is 0.465 e. The zero-order valence-corrected chi connectivity index (χ0v) is 17.5. The molecule has 0 spiro atoms. The molecule has 0 unspecified atom stereocenters. The molecular weight excluding hydrogens is 420 g/mol. The monoisotopic (exact) mass is 438 g/mol. The highest BCUT2D eigenvalue weighted by Gasteiger charge is 2.31. The molecule has 0 saturated carbocycles. The fourth-order valence-corrected chi connectivity index (χ4v) is 3.76. The number of nitrogens with zero attached hydrogens (tertiary/aromatic N) is 2. The first-order chi connectivity index (χ1) is 15.0. The Kier molecular flexibility index (Phi) is 6.88. The quantitative estimate of drug-likeness (QED) is 0.375. The van der Waals surface area contributed by atoms with Crippen LogP contribution in [0.3, 0.4) is 0 Å². The van der Waals surface area contributed by atoms with Crippen LogP contribution in [0.25, 0.3) is 0 Å². The van der Waals surface area contributed by atoms with Gasteiger partial charge in [-0.15, -0.1) is 0 Å². The van der Waals surface area contributed by atoms with Gasteiger partial charge in [-0.25, -0.2) is 9.59 Å². The minimum Gasteiger partial charge on any atom is -0.465 e. The van der Waals surface area contributed by atoms with E-state index in [9.17, 15) is 19.7 Å². The number of methoxy groups -OCH3 is 2. The number of carbonyl (C=O) groups is 2. The molecule has 9 heteroatoms. The zero-order chi connectivity index (χ0) is 22.4. The van der Waals surface area contributed by atoms with Crippen molar-refractivity contribution in [1.29, 1.82) is 0 Å². The van der Waals surface area contributed by atoms with Gasteiger partial charge in [-0.1, -0.05) is 36.0 Å². The number of anilines is 1. The maximum atomic E-state index is 12.6. The van der Waals surface area contributed by atoms with Gasteiger partial charge in [0.15, 0.2) is 0 Å². The van der Waals surface area contributed by atoms with Gasteiger partial charge in [0.25, 0.3) is 5.69 Å². The van der Waals surface area contributed by atoms with E-state index in [4.69, 9.17) is 9.47 Å². The maximum Gasteiger partial charge on any atom is 0.355 e. The van der Waals surface area contributed by atoms with E-state index in [0.717, 1.165) is 12.0 Å². The Hall–Kier alpha value is -3.85. The highest BCUT2D eigenvalue weighted by Crippen LogP contribution is 2.38. The SMILES string of the molecule is COC(=O)C1=C(C(=O)OC)N(c2cc(Sc3ccccc3)ccc2[N+](=O)[O-])C=CC=C1. The fourth-order valence-electron chi connectivity index (χ4n) is 2.89. The van der Waals surface area contributed by atoms with E-state index in [2.05, 4.69) is 0 Å². The molecular formula is C22H18N2O6S. The molecule has 0 N–H and O–H groups in total. The van der Waals surface area contributed by atoms with Crippen molar-refractivity contribution >= 4 is 35.1 Å². The van der Waals surface area contributed by atoms with Crippen molar-refractivity contribution in [3.05, 3.63) is 94.3 Å². The van der Waals surface area contributed by atoms with E-state index in [1.807, 2.05) is 30.3 Å². The number of nitro groups is 1. The summed E-state index contributed by atoms with van der Waals surface area (Å²) < 4.78 is 9.65. The summed E-state index contributed by atoms with van der Waals surface area (Å²) in [7, 11) is 2.34. The second kappa shape index (κ2) is 9.77. The first kappa shape index (κ1) is 21.8. The van der Waals surface area contributed by atoms with Gasteiger partial charge in [0, 0.05) is 22.1 Å². The lowest BCUT2D eigenvalue weighted by Gasteiger charge is -2.23. The second-order valence-corrected chi connectivity index (χ2v) is 7.29. The van der Waals surface area contributed by atoms with E-state index < -0.39 is 16.9 Å². The minimum atomic E-state index is -0.841. The number of rotatable bonds is 6. The standard InChI is InChI=1S/C22H18N2O6S/c1-29-21(25)17-10-6-7-13-23(20(17)22(26)30-2)19-14-16(11-12-18(19)24(27)28)31-15-8-4-3-5-9-15/h3-14H,1-2H3. The third-order valence-electron chi connectivity index (χ3n) is 4.27. The van der Waals surface area contributed by atoms with Crippen molar-refractivity contribution in [1.82, 2.24) is 0 Å². The van der Waals surface area contributed by atoms with Crippen LogP contribution in [0.1, 0.15) is 0 Å².